The Morgan fingerprint density at radius 1 is 1.30 bits per heavy atom. The zero-order valence-corrected chi connectivity index (χ0v) is 17.4. The van der Waals surface area contributed by atoms with Crippen molar-refractivity contribution in [2.75, 3.05) is 23.5 Å². The van der Waals surface area contributed by atoms with Crippen LogP contribution in [0.5, 0.6) is 0 Å². The first-order valence-electron chi connectivity index (χ1n) is 8.93. The molecule has 1 heterocycles. The van der Waals surface area contributed by atoms with Gasteiger partial charge in [0.25, 0.3) is 11.8 Å². The summed E-state index contributed by atoms with van der Waals surface area (Å²) in [4.78, 5) is 27.6. The number of anilines is 2. The SMILES string of the molecule is COCC1(C)C(=O)N(c2ccc(C#N)c(C)c2)C(=S)N1c1ccc(C(N)=O)c(F)c1. The van der Waals surface area contributed by atoms with Crippen molar-refractivity contribution in [2.45, 2.75) is 19.4 Å². The van der Waals surface area contributed by atoms with Crippen LogP contribution in [0.1, 0.15) is 28.4 Å². The molecule has 30 heavy (non-hydrogen) atoms. The number of carbonyl (C=O) groups excluding carboxylic acids is 2. The van der Waals surface area contributed by atoms with Crippen molar-refractivity contribution in [3.05, 3.63) is 58.9 Å². The Balaban J connectivity index is 2.13. The van der Waals surface area contributed by atoms with E-state index < -0.39 is 17.3 Å². The van der Waals surface area contributed by atoms with Gasteiger partial charge in [0.15, 0.2) is 5.11 Å². The van der Waals surface area contributed by atoms with Crippen molar-refractivity contribution >= 4 is 40.5 Å². The number of halogens is 1. The molecule has 3 rings (SSSR count). The highest BCUT2D eigenvalue weighted by atomic mass is 32.1. The van der Waals surface area contributed by atoms with E-state index in [1.807, 2.05) is 0 Å². The fourth-order valence-corrected chi connectivity index (χ4v) is 4.02. The van der Waals surface area contributed by atoms with Crippen LogP contribution in [0, 0.1) is 24.1 Å². The van der Waals surface area contributed by atoms with Crippen LogP contribution in [-0.2, 0) is 9.53 Å². The molecule has 0 bridgehead atoms. The quantitative estimate of drug-likeness (QED) is 0.738. The average molecular weight is 426 g/mol. The largest absolute Gasteiger partial charge is 0.382 e. The Labute approximate surface area is 178 Å². The molecule has 0 aromatic heterocycles. The number of nitriles is 1. The fraction of sp³-hybridized carbons (Fsp3) is 0.238. The first-order valence-corrected chi connectivity index (χ1v) is 9.34. The number of hydrogen-bond donors (Lipinski definition) is 1. The zero-order valence-electron chi connectivity index (χ0n) is 16.6. The minimum absolute atomic E-state index is 0.0169. The molecule has 7 nitrogen and oxygen atoms in total. The molecule has 1 atom stereocenters. The lowest BCUT2D eigenvalue weighted by Crippen LogP contribution is -2.51. The maximum atomic E-state index is 14.4. The van der Waals surface area contributed by atoms with E-state index in [-0.39, 0.29) is 28.9 Å². The molecule has 9 heteroatoms. The molecule has 2 N–H and O–H groups in total. The van der Waals surface area contributed by atoms with Gasteiger partial charge in [-0.3, -0.25) is 14.5 Å². The number of methoxy groups -OCH3 is 1. The van der Waals surface area contributed by atoms with E-state index in [2.05, 4.69) is 6.07 Å². The van der Waals surface area contributed by atoms with Crippen molar-refractivity contribution in [2.24, 2.45) is 5.73 Å². The van der Waals surface area contributed by atoms with Gasteiger partial charge in [0.1, 0.15) is 11.4 Å². The van der Waals surface area contributed by atoms with Crippen molar-refractivity contribution in [3.63, 3.8) is 0 Å². The first kappa shape index (κ1) is 21.4. The van der Waals surface area contributed by atoms with E-state index in [1.54, 1.807) is 32.0 Å². The van der Waals surface area contributed by atoms with Gasteiger partial charge in [-0.15, -0.1) is 0 Å². The van der Waals surface area contributed by atoms with Crippen LogP contribution in [0.3, 0.4) is 0 Å². The van der Waals surface area contributed by atoms with Crippen LogP contribution in [0.15, 0.2) is 36.4 Å². The van der Waals surface area contributed by atoms with Gasteiger partial charge in [0, 0.05) is 12.8 Å². The third-order valence-corrected chi connectivity index (χ3v) is 5.40. The van der Waals surface area contributed by atoms with Gasteiger partial charge in [-0.25, -0.2) is 4.39 Å². The standard InChI is InChI=1S/C21H19FN4O3S/c1-12-8-14(5-4-13(12)10-23)25-19(28)21(2,11-29-3)26(20(25)30)15-6-7-16(18(24)27)17(22)9-15/h4-9H,11H2,1-3H3,(H2,24,27). The number of benzene rings is 2. The second-order valence-electron chi connectivity index (χ2n) is 7.10. The molecule has 0 saturated carbocycles. The second kappa shape index (κ2) is 7.82. The first-order chi connectivity index (χ1) is 14.2. The summed E-state index contributed by atoms with van der Waals surface area (Å²) in [6, 6.07) is 10.8. The number of primary amides is 1. The lowest BCUT2D eigenvalue weighted by molar-refractivity contribution is -0.122. The molecular formula is C21H19FN4O3S. The van der Waals surface area contributed by atoms with E-state index in [0.717, 1.165) is 6.07 Å². The Hall–Kier alpha value is -3.35. The number of hydrogen-bond acceptors (Lipinski definition) is 5. The summed E-state index contributed by atoms with van der Waals surface area (Å²) in [5, 5.41) is 9.28. The summed E-state index contributed by atoms with van der Waals surface area (Å²) in [7, 11) is 1.45. The number of carbonyl (C=O) groups is 2. The summed E-state index contributed by atoms with van der Waals surface area (Å²) in [5.41, 5.74) is 5.60. The van der Waals surface area contributed by atoms with Crippen LogP contribution in [0.2, 0.25) is 0 Å². The third kappa shape index (κ3) is 3.30. The molecule has 1 aliphatic heterocycles. The minimum atomic E-state index is -1.26. The van der Waals surface area contributed by atoms with Crippen LogP contribution in [0.25, 0.3) is 0 Å². The second-order valence-corrected chi connectivity index (χ2v) is 7.47. The number of thiocarbonyl (C=S) groups is 1. The summed E-state index contributed by atoms with van der Waals surface area (Å²) in [6.07, 6.45) is 0. The Kier molecular flexibility index (Phi) is 5.57. The van der Waals surface area contributed by atoms with Crippen LogP contribution in [-0.4, -0.2) is 36.2 Å². The number of nitrogens with two attached hydrogens (primary N) is 1. The van der Waals surface area contributed by atoms with Crippen molar-refractivity contribution in [1.29, 1.82) is 5.26 Å². The Morgan fingerprint density at radius 2 is 1.97 bits per heavy atom. The maximum Gasteiger partial charge on any atom is 0.261 e. The lowest BCUT2D eigenvalue weighted by Gasteiger charge is -2.32. The fourth-order valence-electron chi connectivity index (χ4n) is 3.52. The number of aryl methyl sites for hydroxylation is 1. The van der Waals surface area contributed by atoms with Crippen LogP contribution in [0.4, 0.5) is 15.8 Å². The van der Waals surface area contributed by atoms with E-state index in [9.17, 15) is 14.0 Å². The minimum Gasteiger partial charge on any atom is -0.382 e. The lowest BCUT2D eigenvalue weighted by atomic mass is 10.00. The maximum absolute atomic E-state index is 14.4. The molecule has 1 aliphatic rings. The molecule has 154 valence electrons. The van der Waals surface area contributed by atoms with E-state index in [4.69, 9.17) is 28.0 Å². The van der Waals surface area contributed by atoms with E-state index in [1.165, 1.54) is 29.0 Å². The molecule has 0 radical (unpaired) electrons. The summed E-state index contributed by atoms with van der Waals surface area (Å²) >= 11 is 5.59. The third-order valence-electron chi connectivity index (χ3n) is 5.03. The molecule has 1 saturated heterocycles. The summed E-state index contributed by atoms with van der Waals surface area (Å²) in [5.74, 6) is -2.08. The number of nitrogens with zero attached hydrogens (tertiary/aromatic N) is 3. The smallest absolute Gasteiger partial charge is 0.261 e. The zero-order chi connectivity index (χ0) is 22.2. The van der Waals surface area contributed by atoms with Gasteiger partial charge >= 0.3 is 0 Å². The molecule has 0 aliphatic carbocycles. The topological polar surface area (TPSA) is 99.7 Å². The monoisotopic (exact) mass is 426 g/mol. The van der Waals surface area contributed by atoms with Gasteiger partial charge in [-0.05, 0) is 68.0 Å². The van der Waals surface area contributed by atoms with Gasteiger partial charge in [0.2, 0.25) is 0 Å². The van der Waals surface area contributed by atoms with Crippen LogP contribution < -0.4 is 15.5 Å². The van der Waals surface area contributed by atoms with Gasteiger partial charge < -0.3 is 15.4 Å². The highest BCUT2D eigenvalue weighted by Gasteiger charge is 2.53. The van der Waals surface area contributed by atoms with Gasteiger partial charge in [0.05, 0.1) is 29.5 Å². The van der Waals surface area contributed by atoms with Gasteiger partial charge in [-0.2, -0.15) is 5.26 Å². The molecule has 2 aromatic rings. The number of amides is 2. The number of ether oxygens (including phenoxy) is 1. The van der Waals surface area contributed by atoms with Crippen molar-refractivity contribution in [3.8, 4) is 6.07 Å². The highest BCUT2D eigenvalue weighted by Crippen LogP contribution is 2.37. The van der Waals surface area contributed by atoms with E-state index in [0.29, 0.717) is 16.8 Å². The molecule has 2 amide bonds. The normalized spacial score (nSPS) is 18.6. The molecule has 1 fully saturated rings. The summed E-state index contributed by atoms with van der Waals surface area (Å²) in [6.45, 7) is 3.38. The summed E-state index contributed by atoms with van der Waals surface area (Å²) < 4.78 is 19.7. The molecule has 2 aromatic carbocycles. The van der Waals surface area contributed by atoms with Crippen molar-refractivity contribution < 1.29 is 18.7 Å². The predicted octanol–water partition coefficient (Wildman–Crippen LogP) is 2.65. The Bertz CT molecular complexity index is 1110. The Morgan fingerprint density at radius 3 is 2.50 bits per heavy atom. The highest BCUT2D eigenvalue weighted by molar-refractivity contribution is 7.81. The predicted molar refractivity (Wildman–Crippen MR) is 114 cm³/mol. The molecule has 0 spiro atoms. The van der Waals surface area contributed by atoms with E-state index >= 15 is 0 Å². The van der Waals surface area contributed by atoms with Crippen LogP contribution >= 0.6 is 12.2 Å². The van der Waals surface area contributed by atoms with Crippen molar-refractivity contribution in [1.82, 2.24) is 0 Å². The number of rotatable bonds is 5. The molecule has 1 unspecified atom stereocenters. The molecular weight excluding hydrogens is 407 g/mol. The average Bonchev–Trinajstić information content (AvgIpc) is 2.87. The van der Waals surface area contributed by atoms with Gasteiger partial charge in [-0.1, -0.05) is 0 Å².